The molecule has 1 aliphatic heterocycles. The summed E-state index contributed by atoms with van der Waals surface area (Å²) in [6.07, 6.45) is 1.26. The highest BCUT2D eigenvalue weighted by Gasteiger charge is 2.17. The zero-order chi connectivity index (χ0) is 18.1. The maximum absolute atomic E-state index is 13.2. The molecule has 1 aromatic heterocycles. The van der Waals surface area contributed by atoms with Crippen molar-refractivity contribution in [1.29, 1.82) is 0 Å². The molecule has 26 heavy (non-hydrogen) atoms. The third kappa shape index (κ3) is 3.14. The van der Waals surface area contributed by atoms with Crippen molar-refractivity contribution in [2.45, 2.75) is 25.8 Å². The summed E-state index contributed by atoms with van der Waals surface area (Å²) < 4.78 is 14.8. The molecular weight excluding hydrogens is 331 g/mol. The van der Waals surface area contributed by atoms with Gasteiger partial charge in [-0.2, -0.15) is 0 Å². The highest BCUT2D eigenvalue weighted by molar-refractivity contribution is 5.81. The second kappa shape index (κ2) is 6.57. The van der Waals surface area contributed by atoms with Crippen LogP contribution in [0.25, 0.3) is 10.9 Å². The average Bonchev–Trinajstić information content (AvgIpc) is 2.82. The van der Waals surface area contributed by atoms with E-state index in [1.165, 1.54) is 12.1 Å². The van der Waals surface area contributed by atoms with E-state index in [0.717, 1.165) is 0 Å². The fourth-order valence-electron chi connectivity index (χ4n) is 3.09. The number of carbonyl (C=O) groups excluding carboxylic acids is 1. The van der Waals surface area contributed by atoms with Crippen LogP contribution in [0.3, 0.4) is 0 Å². The minimum absolute atomic E-state index is 0.121. The van der Waals surface area contributed by atoms with Gasteiger partial charge in [-0.1, -0.05) is 17.9 Å². The number of rotatable bonds is 0. The Hall–Kier alpha value is -3.26. The number of hydrogen-bond acceptors (Lipinski definition) is 3. The molecule has 0 aliphatic carbocycles. The first kappa shape index (κ1) is 16.2. The maximum Gasteiger partial charge on any atom is 0.261 e. The van der Waals surface area contributed by atoms with E-state index in [-0.39, 0.29) is 17.2 Å². The minimum atomic E-state index is -0.331. The van der Waals surface area contributed by atoms with Crippen molar-refractivity contribution in [2.24, 2.45) is 0 Å². The molecule has 4 nitrogen and oxygen atoms in total. The summed E-state index contributed by atoms with van der Waals surface area (Å²) in [7, 11) is 0. The van der Waals surface area contributed by atoms with Gasteiger partial charge in [0.1, 0.15) is 17.4 Å². The second-order valence-electron chi connectivity index (χ2n) is 6.27. The largest absolute Gasteiger partial charge is 0.300 e. The summed E-state index contributed by atoms with van der Waals surface area (Å²) in [5.74, 6) is 6.36. The molecular formula is C21H15FN2O2. The van der Waals surface area contributed by atoms with Crippen molar-refractivity contribution >= 4 is 16.7 Å². The van der Waals surface area contributed by atoms with Crippen LogP contribution in [-0.4, -0.2) is 15.3 Å². The van der Waals surface area contributed by atoms with Crippen molar-refractivity contribution in [3.05, 3.63) is 75.6 Å². The van der Waals surface area contributed by atoms with E-state index in [4.69, 9.17) is 0 Å². The van der Waals surface area contributed by atoms with Crippen molar-refractivity contribution in [3.63, 3.8) is 0 Å². The van der Waals surface area contributed by atoms with Gasteiger partial charge < -0.3 is 0 Å². The Morgan fingerprint density at radius 2 is 1.77 bits per heavy atom. The first-order chi connectivity index (χ1) is 12.6. The first-order valence-corrected chi connectivity index (χ1v) is 8.43. The summed E-state index contributed by atoms with van der Waals surface area (Å²) in [6.45, 7) is 0.386. The van der Waals surface area contributed by atoms with E-state index in [0.29, 0.717) is 53.7 Å². The lowest BCUT2D eigenvalue weighted by Gasteiger charge is -2.09. The number of Topliss-reactive ketones (excluding diaryl/α,β-unsaturated/α-hetero) is 1. The lowest BCUT2D eigenvalue weighted by atomic mass is 10.1. The van der Waals surface area contributed by atoms with E-state index in [9.17, 15) is 14.0 Å². The molecule has 0 atom stereocenters. The number of halogens is 1. The summed E-state index contributed by atoms with van der Waals surface area (Å²) in [5.41, 5.74) is 1.73. The third-order valence-electron chi connectivity index (χ3n) is 4.45. The van der Waals surface area contributed by atoms with Gasteiger partial charge >= 0.3 is 0 Å². The number of fused-ring (bicyclic) bond motifs is 2. The van der Waals surface area contributed by atoms with Crippen LogP contribution in [0.1, 0.15) is 29.8 Å². The summed E-state index contributed by atoms with van der Waals surface area (Å²) in [6, 6.07) is 11.3. The van der Waals surface area contributed by atoms with Crippen LogP contribution in [-0.2, 0) is 17.8 Å². The monoisotopic (exact) mass is 346 g/mol. The smallest absolute Gasteiger partial charge is 0.261 e. The summed E-state index contributed by atoms with van der Waals surface area (Å²) >= 11 is 0. The zero-order valence-corrected chi connectivity index (χ0v) is 14.0. The number of carbonyl (C=O) groups is 1. The third-order valence-corrected chi connectivity index (χ3v) is 4.45. The van der Waals surface area contributed by atoms with E-state index in [1.807, 2.05) is 0 Å². The molecule has 0 amide bonds. The van der Waals surface area contributed by atoms with E-state index in [1.54, 1.807) is 34.9 Å². The molecule has 2 aromatic carbocycles. The minimum Gasteiger partial charge on any atom is -0.300 e. The van der Waals surface area contributed by atoms with Gasteiger partial charge in [-0.3, -0.25) is 14.2 Å². The standard InChI is InChI=1S/C21H15FN2O2/c22-16-3-1-2-14(12-16)4-5-15-6-8-18-19(13-15)23-20-9-7-17(25)10-11-24(20)21(18)26/h1-3,6,8,12-13H,7,9-11H2. The van der Waals surface area contributed by atoms with E-state index in [2.05, 4.69) is 16.8 Å². The molecule has 5 heteroatoms. The fourth-order valence-corrected chi connectivity index (χ4v) is 3.09. The predicted octanol–water partition coefficient (Wildman–Crippen LogP) is 2.84. The van der Waals surface area contributed by atoms with Crippen LogP contribution in [0, 0.1) is 17.7 Å². The quantitative estimate of drug-likeness (QED) is 0.588. The van der Waals surface area contributed by atoms with Gasteiger partial charge in [-0.15, -0.1) is 0 Å². The molecule has 0 N–H and O–H groups in total. The lowest BCUT2D eigenvalue weighted by Crippen LogP contribution is -2.24. The molecule has 0 bridgehead atoms. The van der Waals surface area contributed by atoms with Crippen molar-refractivity contribution in [1.82, 2.24) is 9.55 Å². The molecule has 2 heterocycles. The molecule has 3 aromatic rings. The van der Waals surface area contributed by atoms with Gasteiger partial charge in [0.15, 0.2) is 0 Å². The summed E-state index contributed by atoms with van der Waals surface area (Å²) in [4.78, 5) is 28.9. The van der Waals surface area contributed by atoms with Crippen LogP contribution in [0.4, 0.5) is 4.39 Å². The normalized spacial score (nSPS) is 13.7. The molecule has 0 unspecified atom stereocenters. The van der Waals surface area contributed by atoms with Crippen molar-refractivity contribution in [2.75, 3.05) is 0 Å². The van der Waals surface area contributed by atoms with Crippen molar-refractivity contribution in [3.8, 4) is 11.8 Å². The molecule has 1 aliphatic rings. The van der Waals surface area contributed by atoms with Gasteiger partial charge in [-0.25, -0.2) is 9.37 Å². The van der Waals surface area contributed by atoms with Crippen LogP contribution in [0.15, 0.2) is 47.3 Å². The number of hydrogen-bond donors (Lipinski definition) is 0. The number of nitrogens with zero attached hydrogens (tertiary/aromatic N) is 2. The molecule has 4 rings (SSSR count). The van der Waals surface area contributed by atoms with Gasteiger partial charge in [-0.05, 0) is 36.4 Å². The maximum atomic E-state index is 13.2. The number of ketones is 1. The Morgan fingerprint density at radius 3 is 2.58 bits per heavy atom. The van der Waals surface area contributed by atoms with Crippen LogP contribution in [0.5, 0.6) is 0 Å². The zero-order valence-electron chi connectivity index (χ0n) is 14.0. The van der Waals surface area contributed by atoms with E-state index < -0.39 is 0 Å². The van der Waals surface area contributed by atoms with Gasteiger partial charge in [0, 0.05) is 36.9 Å². The average molecular weight is 346 g/mol. The van der Waals surface area contributed by atoms with Gasteiger partial charge in [0.2, 0.25) is 0 Å². The Bertz CT molecular complexity index is 1150. The molecule has 0 fully saturated rings. The van der Waals surface area contributed by atoms with Crippen molar-refractivity contribution < 1.29 is 9.18 Å². The number of aromatic nitrogens is 2. The van der Waals surface area contributed by atoms with E-state index >= 15 is 0 Å². The SMILES string of the molecule is O=C1CCc2nc3cc(C#Cc4cccc(F)c4)ccc3c(=O)n2CC1. The lowest BCUT2D eigenvalue weighted by molar-refractivity contribution is -0.119. The van der Waals surface area contributed by atoms with Crippen LogP contribution >= 0.6 is 0 Å². The van der Waals surface area contributed by atoms with Crippen LogP contribution in [0.2, 0.25) is 0 Å². The Kier molecular flexibility index (Phi) is 4.10. The topological polar surface area (TPSA) is 52.0 Å². The van der Waals surface area contributed by atoms with Gasteiger partial charge in [0.25, 0.3) is 5.56 Å². The number of benzene rings is 2. The Balaban J connectivity index is 1.77. The number of aryl methyl sites for hydroxylation is 1. The molecule has 0 spiro atoms. The molecule has 0 radical (unpaired) electrons. The first-order valence-electron chi connectivity index (χ1n) is 8.43. The highest BCUT2D eigenvalue weighted by Crippen LogP contribution is 2.15. The highest BCUT2D eigenvalue weighted by atomic mass is 19.1. The van der Waals surface area contributed by atoms with Crippen LogP contribution < -0.4 is 5.56 Å². The molecule has 0 saturated carbocycles. The summed E-state index contributed by atoms with van der Waals surface area (Å²) in [5, 5.41) is 0.513. The van der Waals surface area contributed by atoms with Gasteiger partial charge in [0.05, 0.1) is 10.9 Å². The molecule has 128 valence electrons. The Labute approximate surface area is 149 Å². The predicted molar refractivity (Wildman–Crippen MR) is 96.3 cm³/mol. The Morgan fingerprint density at radius 1 is 0.962 bits per heavy atom. The molecule has 0 saturated heterocycles. The fraction of sp³-hybridized carbons (Fsp3) is 0.190. The second-order valence-corrected chi connectivity index (χ2v) is 6.27.